The number of imide groups is 1. The van der Waals surface area contributed by atoms with Crippen molar-refractivity contribution >= 4 is 28.8 Å². The van der Waals surface area contributed by atoms with Gasteiger partial charge in [-0.3, -0.25) is 28.8 Å². The summed E-state index contributed by atoms with van der Waals surface area (Å²) in [6, 6.07) is 5.31. The van der Waals surface area contributed by atoms with Gasteiger partial charge in [-0.15, -0.1) is 0 Å². The highest BCUT2D eigenvalue weighted by Crippen LogP contribution is 2.32. The number of likely N-dealkylation sites (tertiary alicyclic amines) is 1. The highest BCUT2D eigenvalue weighted by molar-refractivity contribution is 6.00. The third kappa shape index (κ3) is 3.37. The van der Waals surface area contributed by atoms with Crippen LogP contribution in [0.3, 0.4) is 0 Å². The number of piperidine rings is 2. The van der Waals surface area contributed by atoms with Crippen LogP contribution in [0, 0.1) is 5.92 Å². The Labute approximate surface area is 179 Å². The molecule has 0 bridgehead atoms. The van der Waals surface area contributed by atoms with Gasteiger partial charge in [-0.05, 0) is 42.9 Å². The van der Waals surface area contributed by atoms with E-state index < -0.39 is 11.9 Å². The van der Waals surface area contributed by atoms with Crippen molar-refractivity contribution < 1.29 is 14.4 Å². The SMILES string of the molecule is Cn1c(=O)n(C2CCC(=O)NC2=O)c2ccc(C3CCN(C(=O)C4CNC4)CC3)cc21. The van der Waals surface area contributed by atoms with Gasteiger partial charge in [0, 0.05) is 39.6 Å². The first kappa shape index (κ1) is 20.0. The number of amides is 3. The summed E-state index contributed by atoms with van der Waals surface area (Å²) in [6.45, 7) is 3.09. The summed E-state index contributed by atoms with van der Waals surface area (Å²) >= 11 is 0. The minimum Gasteiger partial charge on any atom is -0.342 e. The first-order valence-electron chi connectivity index (χ1n) is 11.0. The topological polar surface area (TPSA) is 105 Å². The molecular weight excluding hydrogens is 398 g/mol. The minimum absolute atomic E-state index is 0.134. The van der Waals surface area contributed by atoms with Gasteiger partial charge in [-0.25, -0.2) is 4.79 Å². The highest BCUT2D eigenvalue weighted by Gasteiger charge is 2.33. The summed E-state index contributed by atoms with van der Waals surface area (Å²) in [7, 11) is 1.71. The Bertz CT molecular complexity index is 1120. The van der Waals surface area contributed by atoms with Crippen LogP contribution in [0.1, 0.15) is 43.2 Å². The molecular formula is C22H27N5O4. The van der Waals surface area contributed by atoms with Gasteiger partial charge < -0.3 is 10.2 Å². The Hall–Kier alpha value is -2.94. The Kier molecular flexibility index (Phi) is 4.92. The van der Waals surface area contributed by atoms with Gasteiger partial charge >= 0.3 is 5.69 Å². The van der Waals surface area contributed by atoms with Crippen molar-refractivity contribution in [3.63, 3.8) is 0 Å². The van der Waals surface area contributed by atoms with Gasteiger partial charge in [-0.1, -0.05) is 6.07 Å². The molecule has 0 aliphatic carbocycles. The van der Waals surface area contributed by atoms with Gasteiger partial charge in [0.2, 0.25) is 17.7 Å². The normalized spacial score (nSPS) is 23.1. The molecule has 3 aliphatic heterocycles. The van der Waals surface area contributed by atoms with E-state index in [0.29, 0.717) is 17.9 Å². The van der Waals surface area contributed by atoms with Crippen LogP contribution in [0.4, 0.5) is 0 Å². The van der Waals surface area contributed by atoms with Gasteiger partial charge in [0.1, 0.15) is 6.04 Å². The lowest BCUT2D eigenvalue weighted by atomic mass is 9.88. The first-order valence-corrected chi connectivity index (χ1v) is 11.0. The third-order valence-corrected chi connectivity index (χ3v) is 7.04. The van der Waals surface area contributed by atoms with E-state index in [1.54, 1.807) is 11.6 Å². The number of rotatable bonds is 3. The maximum absolute atomic E-state index is 12.9. The molecule has 1 aromatic carbocycles. The van der Waals surface area contributed by atoms with Gasteiger partial charge in [0.25, 0.3) is 0 Å². The van der Waals surface area contributed by atoms with E-state index in [1.807, 2.05) is 23.1 Å². The van der Waals surface area contributed by atoms with Crippen LogP contribution in [0.15, 0.2) is 23.0 Å². The number of aryl methyl sites for hydroxylation is 1. The van der Waals surface area contributed by atoms with Crippen molar-refractivity contribution in [1.29, 1.82) is 0 Å². The molecule has 2 N–H and O–H groups in total. The molecule has 9 nitrogen and oxygen atoms in total. The molecule has 2 aromatic rings. The second-order valence-electron chi connectivity index (χ2n) is 8.88. The Balaban J connectivity index is 1.38. The van der Waals surface area contributed by atoms with Crippen molar-refractivity contribution in [2.24, 2.45) is 13.0 Å². The molecule has 5 rings (SSSR count). The fourth-order valence-corrected chi connectivity index (χ4v) is 5.02. The van der Waals surface area contributed by atoms with E-state index in [0.717, 1.165) is 50.1 Å². The number of hydrogen-bond donors (Lipinski definition) is 2. The third-order valence-electron chi connectivity index (χ3n) is 7.04. The second-order valence-corrected chi connectivity index (χ2v) is 8.88. The van der Waals surface area contributed by atoms with Crippen molar-refractivity contribution in [3.05, 3.63) is 34.2 Å². The number of carbonyl (C=O) groups is 3. The van der Waals surface area contributed by atoms with Crippen LogP contribution in [0.5, 0.6) is 0 Å². The molecule has 3 saturated heterocycles. The van der Waals surface area contributed by atoms with E-state index >= 15 is 0 Å². The summed E-state index contributed by atoms with van der Waals surface area (Å²) in [5, 5.41) is 5.49. The number of aromatic nitrogens is 2. The average molecular weight is 425 g/mol. The number of carbonyl (C=O) groups excluding carboxylic acids is 3. The number of nitrogens with one attached hydrogen (secondary N) is 2. The van der Waals surface area contributed by atoms with Crippen LogP contribution in [0.2, 0.25) is 0 Å². The van der Waals surface area contributed by atoms with Crippen LogP contribution < -0.4 is 16.3 Å². The molecule has 9 heteroatoms. The predicted octanol–water partition coefficient (Wildman–Crippen LogP) is 0.243. The monoisotopic (exact) mass is 425 g/mol. The molecule has 1 aromatic heterocycles. The number of nitrogens with zero attached hydrogens (tertiary/aromatic N) is 3. The number of fused-ring (bicyclic) bond motifs is 1. The van der Waals surface area contributed by atoms with Crippen molar-refractivity contribution in [1.82, 2.24) is 24.7 Å². The molecule has 3 amide bonds. The molecule has 164 valence electrons. The summed E-state index contributed by atoms with van der Waals surface area (Å²) in [6.07, 6.45) is 2.36. The largest absolute Gasteiger partial charge is 0.342 e. The Morgan fingerprint density at radius 3 is 2.42 bits per heavy atom. The van der Waals surface area contributed by atoms with Crippen molar-refractivity contribution in [3.8, 4) is 0 Å². The van der Waals surface area contributed by atoms with Crippen LogP contribution in [0.25, 0.3) is 11.0 Å². The molecule has 1 atom stereocenters. The maximum Gasteiger partial charge on any atom is 0.329 e. The summed E-state index contributed by atoms with van der Waals surface area (Å²) in [4.78, 5) is 51.2. The molecule has 0 saturated carbocycles. The van der Waals surface area contributed by atoms with E-state index in [-0.39, 0.29) is 29.8 Å². The first-order chi connectivity index (χ1) is 14.9. The molecule has 0 radical (unpaired) electrons. The smallest absolute Gasteiger partial charge is 0.329 e. The highest BCUT2D eigenvalue weighted by atomic mass is 16.2. The second kappa shape index (κ2) is 7.64. The standard InChI is InChI=1S/C22H27N5O4/c1-25-18-10-14(13-6-8-26(9-7-13)21(30)15-11-23-12-15)2-3-16(18)27(22(25)31)17-4-5-19(28)24-20(17)29/h2-3,10,13,15,17,23H,4-9,11-12H2,1H3,(H,24,28,29). The zero-order valence-corrected chi connectivity index (χ0v) is 17.6. The van der Waals surface area contributed by atoms with E-state index in [4.69, 9.17) is 0 Å². The fraction of sp³-hybridized carbons (Fsp3) is 0.545. The van der Waals surface area contributed by atoms with Crippen LogP contribution in [-0.4, -0.2) is 57.9 Å². The van der Waals surface area contributed by atoms with E-state index in [2.05, 4.69) is 10.6 Å². The molecule has 1 unspecified atom stereocenters. The van der Waals surface area contributed by atoms with E-state index in [1.165, 1.54) is 4.57 Å². The summed E-state index contributed by atoms with van der Waals surface area (Å²) in [5.41, 5.74) is 2.39. The van der Waals surface area contributed by atoms with Crippen molar-refractivity contribution in [2.75, 3.05) is 26.2 Å². The van der Waals surface area contributed by atoms with Gasteiger partial charge in [0.05, 0.1) is 17.0 Å². The lowest BCUT2D eigenvalue weighted by molar-refractivity contribution is -0.138. The van der Waals surface area contributed by atoms with E-state index in [9.17, 15) is 19.2 Å². The molecule has 3 fully saturated rings. The van der Waals surface area contributed by atoms with Gasteiger partial charge in [-0.2, -0.15) is 0 Å². The number of benzene rings is 1. The summed E-state index contributed by atoms with van der Waals surface area (Å²) < 4.78 is 3.08. The predicted molar refractivity (Wildman–Crippen MR) is 114 cm³/mol. The lowest BCUT2D eigenvalue weighted by Gasteiger charge is -2.37. The molecule has 3 aliphatic rings. The maximum atomic E-state index is 12.9. The Morgan fingerprint density at radius 1 is 1.03 bits per heavy atom. The average Bonchev–Trinajstić information content (AvgIpc) is 2.97. The molecule has 0 spiro atoms. The zero-order chi connectivity index (χ0) is 21.7. The number of hydrogen-bond acceptors (Lipinski definition) is 5. The lowest BCUT2D eigenvalue weighted by Crippen LogP contribution is -2.53. The fourth-order valence-electron chi connectivity index (χ4n) is 5.02. The summed E-state index contributed by atoms with van der Waals surface area (Å²) in [5.74, 6) is 0.0108. The molecule has 31 heavy (non-hydrogen) atoms. The minimum atomic E-state index is -0.671. The molecule has 4 heterocycles. The zero-order valence-electron chi connectivity index (χ0n) is 17.6. The van der Waals surface area contributed by atoms with Crippen LogP contribution >= 0.6 is 0 Å². The number of imidazole rings is 1. The van der Waals surface area contributed by atoms with Gasteiger partial charge in [0.15, 0.2) is 0 Å². The quantitative estimate of drug-likeness (QED) is 0.686. The van der Waals surface area contributed by atoms with Crippen molar-refractivity contribution in [2.45, 2.75) is 37.6 Å². The Morgan fingerprint density at radius 2 is 1.77 bits per heavy atom. The van der Waals surface area contributed by atoms with Crippen LogP contribution in [-0.2, 0) is 21.4 Å².